The van der Waals surface area contributed by atoms with Crippen LogP contribution in [0.5, 0.6) is 0 Å². The van der Waals surface area contributed by atoms with Gasteiger partial charge in [0.2, 0.25) is 0 Å². The summed E-state index contributed by atoms with van der Waals surface area (Å²) in [6, 6.07) is 0. The fourth-order valence-electron chi connectivity index (χ4n) is 2.21. The number of allylic oxidation sites excluding steroid dienone is 1. The van der Waals surface area contributed by atoms with Gasteiger partial charge in [-0.15, -0.1) is 6.58 Å². The van der Waals surface area contributed by atoms with Crippen molar-refractivity contribution in [1.29, 1.82) is 0 Å². The highest BCUT2D eigenvalue weighted by Gasteiger charge is 2.28. The Morgan fingerprint density at radius 2 is 1.56 bits per heavy atom. The van der Waals surface area contributed by atoms with E-state index in [0.717, 1.165) is 17.8 Å². The molecular formula is C16H36. The fraction of sp³-hybridized carbons (Fsp3) is 0.875. The van der Waals surface area contributed by atoms with E-state index < -0.39 is 0 Å². The van der Waals surface area contributed by atoms with Gasteiger partial charge in [0.1, 0.15) is 0 Å². The number of rotatable bonds is 3. The third kappa shape index (κ3) is 7.96. The van der Waals surface area contributed by atoms with Crippen molar-refractivity contribution in [3.8, 4) is 0 Å². The first kappa shape index (κ1) is 21.1. The molecule has 0 bridgehead atoms. The largest absolute Gasteiger partial charge is 0.103 e. The van der Waals surface area contributed by atoms with Crippen molar-refractivity contribution in [2.24, 2.45) is 17.8 Å². The maximum atomic E-state index is 3.77. The minimum Gasteiger partial charge on any atom is -0.103 e. The molecule has 0 aromatic rings. The molecule has 1 saturated carbocycles. The van der Waals surface area contributed by atoms with Crippen molar-refractivity contribution in [3.63, 3.8) is 0 Å². The van der Waals surface area contributed by atoms with Gasteiger partial charge in [-0.05, 0) is 37.0 Å². The van der Waals surface area contributed by atoms with Crippen LogP contribution < -0.4 is 0 Å². The maximum Gasteiger partial charge on any atom is -0.0351 e. The predicted molar refractivity (Wildman–Crippen MR) is 79.9 cm³/mol. The minimum absolute atomic E-state index is 0. The Kier molecular flexibility index (Phi) is 19.4. The zero-order valence-corrected chi connectivity index (χ0v) is 11.8. The molecule has 1 rings (SSSR count). The molecule has 0 amide bonds. The van der Waals surface area contributed by atoms with Crippen molar-refractivity contribution in [1.82, 2.24) is 0 Å². The molecule has 0 nitrogen and oxygen atoms in total. The van der Waals surface area contributed by atoms with Gasteiger partial charge in [0.25, 0.3) is 0 Å². The van der Waals surface area contributed by atoms with Crippen molar-refractivity contribution in [2.75, 3.05) is 0 Å². The van der Waals surface area contributed by atoms with E-state index in [1.54, 1.807) is 0 Å². The van der Waals surface area contributed by atoms with Gasteiger partial charge in [-0.3, -0.25) is 0 Å². The number of hydrogen-bond donors (Lipinski definition) is 0. The van der Waals surface area contributed by atoms with E-state index in [9.17, 15) is 0 Å². The van der Waals surface area contributed by atoms with Crippen LogP contribution in [0.1, 0.15) is 74.7 Å². The Morgan fingerprint density at radius 1 is 1.06 bits per heavy atom. The lowest BCUT2D eigenvalue weighted by Crippen LogP contribution is -2.08. The van der Waals surface area contributed by atoms with Crippen LogP contribution in [0, 0.1) is 17.8 Å². The minimum atomic E-state index is 0. The van der Waals surface area contributed by atoms with E-state index in [1.165, 1.54) is 25.7 Å². The molecule has 0 saturated heterocycles. The first-order valence-corrected chi connectivity index (χ1v) is 6.86. The first-order chi connectivity index (χ1) is 7.25. The normalized spacial score (nSPS) is 26.5. The Morgan fingerprint density at radius 3 is 1.88 bits per heavy atom. The van der Waals surface area contributed by atoms with Gasteiger partial charge >= 0.3 is 0 Å². The van der Waals surface area contributed by atoms with E-state index in [1.807, 2.05) is 27.7 Å². The van der Waals surface area contributed by atoms with Crippen LogP contribution >= 0.6 is 0 Å². The average molecular weight is 228 g/mol. The smallest absolute Gasteiger partial charge is 0.0351 e. The van der Waals surface area contributed by atoms with Crippen LogP contribution in [0.25, 0.3) is 0 Å². The Balaban J connectivity index is -0.000000305. The van der Waals surface area contributed by atoms with E-state index in [4.69, 9.17) is 0 Å². The summed E-state index contributed by atoms with van der Waals surface area (Å²) >= 11 is 0. The van der Waals surface area contributed by atoms with Gasteiger partial charge in [-0.25, -0.2) is 0 Å². The molecule has 3 atom stereocenters. The second-order valence-electron chi connectivity index (χ2n) is 4.04. The molecule has 100 valence electrons. The first-order valence-electron chi connectivity index (χ1n) is 6.86. The molecule has 0 aliphatic heterocycles. The maximum absolute atomic E-state index is 3.77. The highest BCUT2D eigenvalue weighted by Crippen LogP contribution is 2.38. The lowest BCUT2D eigenvalue weighted by atomic mass is 9.89. The second-order valence-corrected chi connectivity index (χ2v) is 4.04. The van der Waals surface area contributed by atoms with E-state index in [0.29, 0.717) is 0 Å². The molecule has 1 fully saturated rings. The Hall–Kier alpha value is -0.260. The van der Waals surface area contributed by atoms with Gasteiger partial charge in [0, 0.05) is 0 Å². The molecule has 1 aliphatic carbocycles. The molecule has 3 unspecified atom stereocenters. The Labute approximate surface area is 106 Å². The zero-order chi connectivity index (χ0) is 12.3. The molecular weight excluding hydrogens is 192 g/mol. The van der Waals surface area contributed by atoms with Crippen molar-refractivity contribution >= 4 is 0 Å². The van der Waals surface area contributed by atoms with Crippen molar-refractivity contribution in [3.05, 3.63) is 12.7 Å². The van der Waals surface area contributed by atoms with Crippen LogP contribution in [0.4, 0.5) is 0 Å². The molecule has 0 N–H and O–H groups in total. The van der Waals surface area contributed by atoms with Crippen LogP contribution in [0.2, 0.25) is 0 Å². The molecule has 0 spiro atoms. The van der Waals surface area contributed by atoms with Crippen LogP contribution in [-0.4, -0.2) is 0 Å². The standard InChI is InChI=1S/C11H20.2C2H6.CH4/c1-4-5-6-11-8-7-9(2)10(11)3;2*1-2;/h4,9-11H,1,5-8H2,2-3H3;2*1-2H3;1H4. The summed E-state index contributed by atoms with van der Waals surface area (Å²) in [6.07, 6.45) is 7.53. The summed E-state index contributed by atoms with van der Waals surface area (Å²) < 4.78 is 0. The molecule has 0 aromatic heterocycles. The lowest BCUT2D eigenvalue weighted by molar-refractivity contribution is 0.342. The van der Waals surface area contributed by atoms with Crippen molar-refractivity contribution in [2.45, 2.75) is 74.7 Å². The summed E-state index contributed by atoms with van der Waals surface area (Å²) in [5.74, 6) is 2.91. The van der Waals surface area contributed by atoms with Crippen LogP contribution in [-0.2, 0) is 0 Å². The van der Waals surface area contributed by atoms with E-state index in [2.05, 4.69) is 26.5 Å². The molecule has 0 heterocycles. The molecule has 1 aliphatic rings. The molecule has 0 aromatic carbocycles. The highest BCUT2D eigenvalue weighted by molar-refractivity contribution is 4.81. The van der Waals surface area contributed by atoms with Gasteiger partial charge in [-0.1, -0.05) is 61.5 Å². The van der Waals surface area contributed by atoms with Gasteiger partial charge in [0.15, 0.2) is 0 Å². The topological polar surface area (TPSA) is 0 Å². The predicted octanol–water partition coefficient (Wildman–Crippen LogP) is 6.32. The third-order valence-corrected chi connectivity index (χ3v) is 3.38. The van der Waals surface area contributed by atoms with Gasteiger partial charge in [0.05, 0.1) is 0 Å². The SMILES string of the molecule is C.C=CCCC1CCC(C)C1C.CC.CC. The lowest BCUT2D eigenvalue weighted by Gasteiger charge is -2.16. The highest BCUT2D eigenvalue weighted by atomic mass is 14.3. The average Bonchev–Trinajstić information content (AvgIpc) is 2.63. The summed E-state index contributed by atoms with van der Waals surface area (Å²) in [7, 11) is 0. The van der Waals surface area contributed by atoms with Crippen LogP contribution in [0.15, 0.2) is 12.7 Å². The zero-order valence-electron chi connectivity index (χ0n) is 11.8. The summed E-state index contributed by atoms with van der Waals surface area (Å²) in [5.41, 5.74) is 0. The summed E-state index contributed by atoms with van der Waals surface area (Å²) in [4.78, 5) is 0. The second kappa shape index (κ2) is 14.7. The van der Waals surface area contributed by atoms with Gasteiger partial charge < -0.3 is 0 Å². The number of hydrogen-bond acceptors (Lipinski definition) is 0. The van der Waals surface area contributed by atoms with Gasteiger partial charge in [-0.2, -0.15) is 0 Å². The quantitative estimate of drug-likeness (QED) is 0.496. The third-order valence-electron chi connectivity index (χ3n) is 3.38. The van der Waals surface area contributed by atoms with E-state index in [-0.39, 0.29) is 7.43 Å². The van der Waals surface area contributed by atoms with Crippen molar-refractivity contribution < 1.29 is 0 Å². The molecule has 0 heteroatoms. The fourth-order valence-corrected chi connectivity index (χ4v) is 2.21. The van der Waals surface area contributed by atoms with E-state index >= 15 is 0 Å². The summed E-state index contributed by atoms with van der Waals surface area (Å²) in [5, 5.41) is 0. The molecule has 16 heavy (non-hydrogen) atoms. The molecule has 0 radical (unpaired) electrons. The monoisotopic (exact) mass is 228 g/mol. The van der Waals surface area contributed by atoms with Crippen LogP contribution in [0.3, 0.4) is 0 Å². The Bertz CT molecular complexity index is 126. The summed E-state index contributed by atoms with van der Waals surface area (Å²) in [6.45, 7) is 16.6.